The van der Waals surface area contributed by atoms with Gasteiger partial charge in [-0.2, -0.15) is 4.37 Å². The maximum absolute atomic E-state index is 11.5. The number of hydrogen-bond acceptors (Lipinski definition) is 7. The smallest absolute Gasteiger partial charge is 0.153 e. The maximum atomic E-state index is 11.5. The SMILES string of the molecule is CSc1c(N)nsc1N1CCCS(=O)(=O)CC1. The number of thioether (sulfide) groups is 1. The molecule has 1 fully saturated rings. The first-order chi connectivity index (χ1) is 8.03. The van der Waals surface area contributed by atoms with Crippen LogP contribution in [0.4, 0.5) is 10.8 Å². The maximum Gasteiger partial charge on any atom is 0.153 e. The lowest BCUT2D eigenvalue weighted by atomic mass is 10.4. The molecule has 2 rings (SSSR count). The Bertz CT molecular complexity index is 498. The van der Waals surface area contributed by atoms with Crippen molar-refractivity contribution in [2.24, 2.45) is 0 Å². The number of hydrogen-bond donors (Lipinski definition) is 1. The molecule has 0 spiro atoms. The summed E-state index contributed by atoms with van der Waals surface area (Å²) in [6, 6.07) is 0. The van der Waals surface area contributed by atoms with Crippen LogP contribution in [0.5, 0.6) is 0 Å². The molecule has 0 bridgehead atoms. The second-order valence-electron chi connectivity index (χ2n) is 3.90. The third-order valence-corrected chi connectivity index (χ3v) is 6.28. The van der Waals surface area contributed by atoms with Gasteiger partial charge in [-0.15, -0.1) is 11.8 Å². The molecule has 2 N–H and O–H groups in total. The summed E-state index contributed by atoms with van der Waals surface area (Å²) in [5, 5.41) is 1.01. The standard InChI is InChI=1S/C9H15N3O2S3/c1-15-7-8(10)11-16-9(7)12-3-2-5-17(13,14)6-4-12/h2-6H2,1H3,(H2,10,11). The van der Waals surface area contributed by atoms with Gasteiger partial charge in [-0.05, 0) is 24.2 Å². The average Bonchev–Trinajstić information content (AvgIpc) is 2.54. The Morgan fingerprint density at radius 1 is 1.41 bits per heavy atom. The Hall–Kier alpha value is -0.470. The fraction of sp³-hybridized carbons (Fsp3) is 0.667. The van der Waals surface area contributed by atoms with Gasteiger partial charge in [0.1, 0.15) is 5.00 Å². The van der Waals surface area contributed by atoms with Gasteiger partial charge in [-0.3, -0.25) is 0 Å². The predicted molar refractivity (Wildman–Crippen MR) is 73.8 cm³/mol. The molecular formula is C9H15N3O2S3. The summed E-state index contributed by atoms with van der Waals surface area (Å²) in [5.74, 6) is 1.05. The van der Waals surface area contributed by atoms with Crippen LogP contribution in [-0.4, -0.2) is 43.6 Å². The van der Waals surface area contributed by atoms with E-state index in [4.69, 9.17) is 5.73 Å². The van der Waals surface area contributed by atoms with Crippen LogP contribution < -0.4 is 10.6 Å². The number of aromatic nitrogens is 1. The van der Waals surface area contributed by atoms with E-state index in [-0.39, 0.29) is 11.5 Å². The highest BCUT2D eigenvalue weighted by Crippen LogP contribution is 2.37. The van der Waals surface area contributed by atoms with Gasteiger partial charge in [0.2, 0.25) is 0 Å². The number of rotatable bonds is 2. The number of anilines is 2. The molecule has 0 aromatic carbocycles. The van der Waals surface area contributed by atoms with E-state index in [0.29, 0.717) is 18.8 Å². The van der Waals surface area contributed by atoms with Crippen LogP contribution in [0.2, 0.25) is 0 Å². The Balaban J connectivity index is 2.22. The summed E-state index contributed by atoms with van der Waals surface area (Å²) in [5.41, 5.74) is 5.78. The minimum absolute atomic E-state index is 0.221. The van der Waals surface area contributed by atoms with Crippen molar-refractivity contribution in [3.63, 3.8) is 0 Å². The van der Waals surface area contributed by atoms with E-state index in [9.17, 15) is 8.42 Å². The first-order valence-corrected chi connectivity index (χ1v) is 9.10. The Morgan fingerprint density at radius 3 is 2.88 bits per heavy atom. The topological polar surface area (TPSA) is 76.3 Å². The molecule has 0 unspecified atom stereocenters. The molecule has 1 aromatic heterocycles. The van der Waals surface area contributed by atoms with E-state index in [1.54, 1.807) is 11.8 Å². The number of sulfone groups is 1. The molecule has 1 aromatic rings. The lowest BCUT2D eigenvalue weighted by Gasteiger charge is -2.20. The van der Waals surface area contributed by atoms with Crippen LogP contribution in [0.1, 0.15) is 6.42 Å². The third-order valence-electron chi connectivity index (χ3n) is 2.70. The lowest BCUT2D eigenvalue weighted by molar-refractivity contribution is 0.597. The van der Waals surface area contributed by atoms with E-state index in [1.165, 1.54) is 11.5 Å². The summed E-state index contributed by atoms with van der Waals surface area (Å²) < 4.78 is 27.2. The van der Waals surface area contributed by atoms with E-state index in [1.807, 2.05) is 6.26 Å². The van der Waals surface area contributed by atoms with E-state index < -0.39 is 9.84 Å². The molecule has 0 aliphatic carbocycles. The third kappa shape index (κ3) is 2.86. The van der Waals surface area contributed by atoms with Gasteiger partial charge in [0.25, 0.3) is 0 Å². The van der Waals surface area contributed by atoms with Gasteiger partial charge in [0.05, 0.1) is 16.4 Å². The zero-order valence-electron chi connectivity index (χ0n) is 9.55. The molecule has 17 heavy (non-hydrogen) atoms. The molecule has 5 nitrogen and oxygen atoms in total. The minimum Gasteiger partial charge on any atom is -0.382 e. The van der Waals surface area contributed by atoms with Crippen molar-refractivity contribution in [2.45, 2.75) is 11.3 Å². The number of nitrogens with two attached hydrogens (primary N) is 1. The van der Waals surface area contributed by atoms with Gasteiger partial charge < -0.3 is 10.6 Å². The van der Waals surface area contributed by atoms with Crippen molar-refractivity contribution in [3.8, 4) is 0 Å². The number of nitrogen functional groups attached to an aromatic ring is 1. The van der Waals surface area contributed by atoms with Crippen LogP contribution in [-0.2, 0) is 9.84 Å². The summed E-state index contributed by atoms with van der Waals surface area (Å²) in [6.45, 7) is 1.30. The second-order valence-corrected chi connectivity index (χ2v) is 7.77. The van der Waals surface area contributed by atoms with Crippen molar-refractivity contribution in [2.75, 3.05) is 41.5 Å². The van der Waals surface area contributed by atoms with Gasteiger partial charge in [0, 0.05) is 13.1 Å². The van der Waals surface area contributed by atoms with Crippen LogP contribution in [0.15, 0.2) is 4.90 Å². The molecule has 1 aliphatic heterocycles. The fourth-order valence-electron chi connectivity index (χ4n) is 1.82. The predicted octanol–water partition coefficient (Wildman–Crippen LogP) is 1.07. The van der Waals surface area contributed by atoms with Gasteiger partial charge in [0.15, 0.2) is 15.7 Å². The first kappa shape index (κ1) is 13.0. The van der Waals surface area contributed by atoms with E-state index in [0.717, 1.165) is 16.4 Å². The van der Waals surface area contributed by atoms with Crippen LogP contribution in [0, 0.1) is 0 Å². The molecule has 1 aliphatic rings. The Morgan fingerprint density at radius 2 is 2.18 bits per heavy atom. The molecule has 2 heterocycles. The molecule has 8 heteroatoms. The minimum atomic E-state index is -2.87. The summed E-state index contributed by atoms with van der Waals surface area (Å²) in [6.07, 6.45) is 2.63. The molecular weight excluding hydrogens is 278 g/mol. The van der Waals surface area contributed by atoms with Gasteiger partial charge in [-0.25, -0.2) is 8.42 Å². The Labute approximate surface area is 109 Å². The van der Waals surface area contributed by atoms with Gasteiger partial charge >= 0.3 is 0 Å². The Kier molecular flexibility index (Phi) is 3.84. The zero-order chi connectivity index (χ0) is 12.5. The van der Waals surface area contributed by atoms with Crippen LogP contribution in [0.25, 0.3) is 0 Å². The van der Waals surface area contributed by atoms with Gasteiger partial charge in [-0.1, -0.05) is 0 Å². The van der Waals surface area contributed by atoms with Crippen molar-refractivity contribution < 1.29 is 8.42 Å². The van der Waals surface area contributed by atoms with Crippen molar-refractivity contribution >= 4 is 44.0 Å². The molecule has 0 atom stereocenters. The quantitative estimate of drug-likeness (QED) is 0.822. The molecule has 0 saturated carbocycles. The monoisotopic (exact) mass is 293 g/mol. The summed E-state index contributed by atoms with van der Waals surface area (Å²) >= 11 is 2.91. The molecule has 0 amide bonds. The van der Waals surface area contributed by atoms with E-state index in [2.05, 4.69) is 9.27 Å². The van der Waals surface area contributed by atoms with Crippen LogP contribution >= 0.6 is 23.3 Å². The molecule has 0 radical (unpaired) electrons. The highest BCUT2D eigenvalue weighted by atomic mass is 32.2. The number of nitrogens with zero attached hydrogens (tertiary/aromatic N) is 2. The fourth-order valence-corrected chi connectivity index (χ4v) is 4.83. The van der Waals surface area contributed by atoms with Crippen molar-refractivity contribution in [1.29, 1.82) is 0 Å². The van der Waals surface area contributed by atoms with E-state index >= 15 is 0 Å². The first-order valence-electron chi connectivity index (χ1n) is 5.28. The molecule has 96 valence electrons. The summed E-state index contributed by atoms with van der Waals surface area (Å²) in [4.78, 5) is 3.05. The zero-order valence-corrected chi connectivity index (χ0v) is 12.0. The molecule has 1 saturated heterocycles. The highest BCUT2D eigenvalue weighted by molar-refractivity contribution is 7.99. The van der Waals surface area contributed by atoms with Crippen molar-refractivity contribution in [1.82, 2.24) is 4.37 Å². The summed E-state index contributed by atoms with van der Waals surface area (Å²) in [7, 11) is -2.87. The lowest BCUT2D eigenvalue weighted by Crippen LogP contribution is -2.26. The van der Waals surface area contributed by atoms with Crippen LogP contribution in [0.3, 0.4) is 0 Å². The second kappa shape index (κ2) is 5.03. The van der Waals surface area contributed by atoms with Crippen molar-refractivity contribution in [3.05, 3.63) is 0 Å². The highest BCUT2D eigenvalue weighted by Gasteiger charge is 2.23. The largest absolute Gasteiger partial charge is 0.382 e. The normalized spacial score (nSPS) is 20.2. The average molecular weight is 293 g/mol.